The Morgan fingerprint density at radius 1 is 0.970 bits per heavy atom. The summed E-state index contributed by atoms with van der Waals surface area (Å²) in [5, 5.41) is 8.25. The number of benzene rings is 3. The molecule has 1 aliphatic heterocycles. The SMILES string of the molecule is CC(C)c1ccc(C2c3c(-c4ccc(Cl)cc4)n[nH]c3C(=O)N2CCc2ccccc2)cc1. The number of hydrogen-bond acceptors (Lipinski definition) is 2. The fourth-order valence-corrected chi connectivity index (χ4v) is 4.69. The summed E-state index contributed by atoms with van der Waals surface area (Å²) in [4.78, 5) is 15.5. The van der Waals surface area contributed by atoms with Gasteiger partial charge in [-0.15, -0.1) is 0 Å². The zero-order valence-electron chi connectivity index (χ0n) is 18.8. The molecule has 0 saturated heterocycles. The molecule has 0 bridgehead atoms. The third kappa shape index (κ3) is 4.07. The number of H-pyrrole nitrogens is 1. The van der Waals surface area contributed by atoms with E-state index in [4.69, 9.17) is 11.6 Å². The van der Waals surface area contributed by atoms with E-state index in [-0.39, 0.29) is 11.9 Å². The van der Waals surface area contributed by atoms with Gasteiger partial charge in [-0.3, -0.25) is 9.89 Å². The molecule has 5 heteroatoms. The molecule has 1 aromatic heterocycles. The van der Waals surface area contributed by atoms with Gasteiger partial charge in [0, 0.05) is 22.7 Å². The van der Waals surface area contributed by atoms with Gasteiger partial charge in [0.25, 0.3) is 5.91 Å². The van der Waals surface area contributed by atoms with Crippen molar-refractivity contribution in [3.05, 3.63) is 112 Å². The van der Waals surface area contributed by atoms with Crippen molar-refractivity contribution in [3.63, 3.8) is 0 Å². The van der Waals surface area contributed by atoms with Gasteiger partial charge >= 0.3 is 0 Å². The minimum Gasteiger partial charge on any atom is -0.326 e. The summed E-state index contributed by atoms with van der Waals surface area (Å²) in [5.74, 6) is 0.444. The van der Waals surface area contributed by atoms with Gasteiger partial charge in [0.15, 0.2) is 0 Å². The molecule has 1 aliphatic rings. The van der Waals surface area contributed by atoms with Crippen molar-refractivity contribution in [2.75, 3.05) is 6.54 Å². The zero-order chi connectivity index (χ0) is 22.9. The van der Waals surface area contributed by atoms with E-state index in [1.165, 1.54) is 11.1 Å². The number of nitrogens with one attached hydrogen (secondary N) is 1. The topological polar surface area (TPSA) is 49.0 Å². The fraction of sp³-hybridized carbons (Fsp3) is 0.214. The van der Waals surface area contributed by atoms with Crippen LogP contribution in [0.15, 0.2) is 78.9 Å². The predicted molar refractivity (Wildman–Crippen MR) is 133 cm³/mol. The Kier molecular flexibility index (Phi) is 5.77. The molecule has 5 rings (SSSR count). The van der Waals surface area contributed by atoms with Crippen LogP contribution in [0.3, 0.4) is 0 Å². The highest BCUT2D eigenvalue weighted by molar-refractivity contribution is 6.30. The Balaban J connectivity index is 1.57. The van der Waals surface area contributed by atoms with Crippen molar-refractivity contribution in [2.45, 2.75) is 32.2 Å². The predicted octanol–water partition coefficient (Wildman–Crippen LogP) is 6.64. The lowest BCUT2D eigenvalue weighted by atomic mass is 9.93. The second-order valence-corrected chi connectivity index (χ2v) is 9.26. The van der Waals surface area contributed by atoms with Gasteiger partial charge in [-0.2, -0.15) is 5.10 Å². The quantitative estimate of drug-likeness (QED) is 0.354. The van der Waals surface area contributed by atoms with Crippen LogP contribution in [-0.4, -0.2) is 27.5 Å². The number of aromatic nitrogens is 2. The van der Waals surface area contributed by atoms with Crippen LogP contribution in [0.2, 0.25) is 5.02 Å². The minimum absolute atomic E-state index is 0.00780. The van der Waals surface area contributed by atoms with Crippen molar-refractivity contribution in [2.24, 2.45) is 0 Å². The first-order valence-electron chi connectivity index (χ1n) is 11.3. The van der Waals surface area contributed by atoms with Crippen LogP contribution in [0, 0.1) is 0 Å². The number of halogens is 1. The van der Waals surface area contributed by atoms with E-state index in [9.17, 15) is 4.79 Å². The summed E-state index contributed by atoms with van der Waals surface area (Å²) in [6.45, 7) is 5.00. The number of nitrogens with zero attached hydrogens (tertiary/aromatic N) is 2. The zero-order valence-corrected chi connectivity index (χ0v) is 19.5. The average molecular weight is 456 g/mol. The highest BCUT2D eigenvalue weighted by Crippen LogP contribution is 2.43. The lowest BCUT2D eigenvalue weighted by Crippen LogP contribution is -2.31. The Labute approximate surface area is 199 Å². The number of aromatic amines is 1. The molecule has 0 spiro atoms. The fourth-order valence-electron chi connectivity index (χ4n) is 4.56. The van der Waals surface area contributed by atoms with Crippen LogP contribution in [0.4, 0.5) is 0 Å². The Bertz CT molecular complexity index is 1260. The monoisotopic (exact) mass is 455 g/mol. The van der Waals surface area contributed by atoms with Crippen LogP contribution in [-0.2, 0) is 6.42 Å². The standard InChI is InChI=1S/C28H26ClN3O/c1-18(2)20-8-10-22(11-9-20)27-24-25(21-12-14-23(29)15-13-21)30-31-26(24)28(33)32(27)17-16-19-6-4-3-5-7-19/h3-15,18,27H,16-17H2,1-2H3,(H,30,31). The van der Waals surface area contributed by atoms with Crippen molar-refractivity contribution >= 4 is 17.5 Å². The molecule has 33 heavy (non-hydrogen) atoms. The summed E-state index contributed by atoms with van der Waals surface area (Å²) in [5.41, 5.74) is 6.85. The van der Waals surface area contributed by atoms with E-state index in [0.717, 1.165) is 28.8 Å². The third-order valence-electron chi connectivity index (χ3n) is 6.38. The number of hydrogen-bond donors (Lipinski definition) is 1. The molecule has 1 unspecified atom stereocenters. The average Bonchev–Trinajstić information content (AvgIpc) is 3.38. The largest absolute Gasteiger partial charge is 0.326 e. The van der Waals surface area contributed by atoms with Gasteiger partial charge in [-0.25, -0.2) is 0 Å². The van der Waals surface area contributed by atoms with Crippen LogP contribution >= 0.6 is 11.6 Å². The van der Waals surface area contributed by atoms with Gasteiger partial charge in [0.1, 0.15) is 5.69 Å². The van der Waals surface area contributed by atoms with E-state index < -0.39 is 0 Å². The number of fused-ring (bicyclic) bond motifs is 1. The van der Waals surface area contributed by atoms with Crippen LogP contribution in [0.1, 0.15) is 58.5 Å². The summed E-state index contributed by atoms with van der Waals surface area (Å²) in [6, 6.07) is 26.3. The number of amides is 1. The van der Waals surface area contributed by atoms with E-state index in [0.29, 0.717) is 23.2 Å². The highest BCUT2D eigenvalue weighted by Gasteiger charge is 2.41. The second-order valence-electron chi connectivity index (χ2n) is 8.83. The van der Waals surface area contributed by atoms with Crippen molar-refractivity contribution < 1.29 is 4.79 Å². The highest BCUT2D eigenvalue weighted by atomic mass is 35.5. The molecule has 166 valence electrons. The normalized spacial score (nSPS) is 15.3. The maximum Gasteiger partial charge on any atom is 0.273 e. The molecule has 1 amide bonds. The summed E-state index contributed by atoms with van der Waals surface area (Å²) < 4.78 is 0. The summed E-state index contributed by atoms with van der Waals surface area (Å²) in [7, 11) is 0. The molecule has 0 radical (unpaired) electrons. The van der Waals surface area contributed by atoms with Gasteiger partial charge < -0.3 is 4.90 Å². The van der Waals surface area contributed by atoms with Crippen molar-refractivity contribution in [1.29, 1.82) is 0 Å². The van der Waals surface area contributed by atoms with E-state index in [2.05, 4.69) is 60.4 Å². The molecular formula is C28H26ClN3O. The molecule has 1 atom stereocenters. The number of rotatable bonds is 6. The number of carbonyl (C=O) groups excluding carboxylic acids is 1. The Morgan fingerprint density at radius 2 is 1.67 bits per heavy atom. The summed E-state index contributed by atoms with van der Waals surface area (Å²) in [6.07, 6.45) is 0.793. The minimum atomic E-state index is -0.193. The van der Waals surface area contributed by atoms with E-state index in [1.807, 2.05) is 47.4 Å². The van der Waals surface area contributed by atoms with Crippen molar-refractivity contribution in [3.8, 4) is 11.3 Å². The van der Waals surface area contributed by atoms with Gasteiger partial charge in [0.05, 0.1) is 11.7 Å². The van der Waals surface area contributed by atoms with Crippen LogP contribution in [0.5, 0.6) is 0 Å². The Morgan fingerprint density at radius 3 is 2.33 bits per heavy atom. The first-order valence-corrected chi connectivity index (χ1v) is 11.7. The molecule has 0 fully saturated rings. The lowest BCUT2D eigenvalue weighted by molar-refractivity contribution is 0.0746. The van der Waals surface area contributed by atoms with E-state index >= 15 is 0 Å². The molecule has 4 aromatic rings. The van der Waals surface area contributed by atoms with Gasteiger partial charge in [0.2, 0.25) is 0 Å². The molecular weight excluding hydrogens is 430 g/mol. The summed E-state index contributed by atoms with van der Waals surface area (Å²) >= 11 is 6.11. The molecule has 1 N–H and O–H groups in total. The van der Waals surface area contributed by atoms with Crippen molar-refractivity contribution in [1.82, 2.24) is 15.1 Å². The third-order valence-corrected chi connectivity index (χ3v) is 6.64. The van der Waals surface area contributed by atoms with Gasteiger partial charge in [-0.1, -0.05) is 92.2 Å². The van der Waals surface area contributed by atoms with Crippen LogP contribution < -0.4 is 0 Å². The van der Waals surface area contributed by atoms with Gasteiger partial charge in [-0.05, 0) is 41.2 Å². The van der Waals surface area contributed by atoms with Crippen LogP contribution in [0.25, 0.3) is 11.3 Å². The first-order chi connectivity index (χ1) is 16.0. The molecule has 4 nitrogen and oxygen atoms in total. The maximum atomic E-state index is 13.5. The maximum absolute atomic E-state index is 13.5. The molecule has 2 heterocycles. The Hall–Kier alpha value is -3.37. The number of carbonyl (C=O) groups is 1. The molecule has 0 aliphatic carbocycles. The lowest BCUT2D eigenvalue weighted by Gasteiger charge is -2.27. The molecule has 0 saturated carbocycles. The molecule has 3 aromatic carbocycles. The second kappa shape index (κ2) is 8.87. The first kappa shape index (κ1) is 21.5. The van der Waals surface area contributed by atoms with E-state index in [1.54, 1.807) is 0 Å². The smallest absolute Gasteiger partial charge is 0.273 e.